The van der Waals surface area contributed by atoms with E-state index in [1.807, 2.05) is 0 Å². The normalized spacial score (nSPS) is 22.9. The molecule has 1 fully saturated rings. The first-order valence-electron chi connectivity index (χ1n) is 5.79. The van der Waals surface area contributed by atoms with Crippen molar-refractivity contribution in [2.24, 2.45) is 0 Å². The van der Waals surface area contributed by atoms with Gasteiger partial charge in [-0.15, -0.1) is 11.6 Å². The number of hydrogen-bond donors (Lipinski definition) is 0. The third-order valence-electron chi connectivity index (χ3n) is 2.70. The number of rotatable bonds is 5. The van der Waals surface area contributed by atoms with Gasteiger partial charge in [-0.05, 0) is 32.3 Å². The molecule has 0 aliphatic carbocycles. The van der Waals surface area contributed by atoms with Crippen molar-refractivity contribution in [2.75, 3.05) is 12.5 Å². The van der Waals surface area contributed by atoms with Crippen LogP contribution in [0.4, 0.5) is 0 Å². The third kappa shape index (κ3) is 5.00. The molecule has 1 saturated heterocycles. The molecule has 1 heterocycles. The van der Waals surface area contributed by atoms with E-state index in [0.717, 1.165) is 25.9 Å². The van der Waals surface area contributed by atoms with Gasteiger partial charge in [0.05, 0.1) is 12.7 Å². The highest BCUT2D eigenvalue weighted by molar-refractivity contribution is 6.19. The van der Waals surface area contributed by atoms with Crippen LogP contribution in [0, 0.1) is 0 Å². The van der Waals surface area contributed by atoms with Crippen LogP contribution in [0.15, 0.2) is 35.5 Å². The summed E-state index contributed by atoms with van der Waals surface area (Å²) < 4.78 is 5.57. The summed E-state index contributed by atoms with van der Waals surface area (Å²) in [4.78, 5) is 0. The molecular formula is C14H21ClO. The molecule has 0 bridgehead atoms. The van der Waals surface area contributed by atoms with Crippen LogP contribution in [0.2, 0.25) is 0 Å². The van der Waals surface area contributed by atoms with Crippen molar-refractivity contribution in [3.63, 3.8) is 0 Å². The van der Waals surface area contributed by atoms with Gasteiger partial charge in [-0.2, -0.15) is 0 Å². The average Bonchev–Trinajstić information content (AvgIpc) is 2.63. The second-order valence-corrected chi connectivity index (χ2v) is 4.81. The minimum absolute atomic E-state index is 0.255. The molecule has 90 valence electrons. The van der Waals surface area contributed by atoms with Gasteiger partial charge < -0.3 is 4.74 Å². The summed E-state index contributed by atoms with van der Waals surface area (Å²) >= 11 is 5.71. The Balaban J connectivity index is 2.31. The van der Waals surface area contributed by atoms with Crippen molar-refractivity contribution in [3.8, 4) is 0 Å². The van der Waals surface area contributed by atoms with E-state index in [1.165, 1.54) is 16.7 Å². The molecule has 0 aromatic heterocycles. The highest BCUT2D eigenvalue weighted by Crippen LogP contribution is 2.20. The van der Waals surface area contributed by atoms with Crippen LogP contribution in [0.3, 0.4) is 0 Å². The Morgan fingerprint density at radius 1 is 1.50 bits per heavy atom. The van der Waals surface area contributed by atoms with Crippen LogP contribution < -0.4 is 0 Å². The first-order valence-corrected chi connectivity index (χ1v) is 6.32. The zero-order chi connectivity index (χ0) is 12.0. The van der Waals surface area contributed by atoms with Crippen molar-refractivity contribution in [1.29, 1.82) is 0 Å². The summed E-state index contributed by atoms with van der Waals surface area (Å²) in [7, 11) is 0. The fourth-order valence-corrected chi connectivity index (χ4v) is 1.84. The number of hydrogen-bond acceptors (Lipinski definition) is 1. The standard InChI is InChI=1S/C14H21ClO/c1-11(5-4-6-12(2)9-15)7-14-8-13(3)10-16-14/h6-7,14H,3-5,8-10H2,1-2H3/b11-7+,12-6+/t14-/m1/s1. The van der Waals surface area contributed by atoms with E-state index in [0.29, 0.717) is 5.88 Å². The van der Waals surface area contributed by atoms with Crippen LogP contribution in [0.1, 0.15) is 33.1 Å². The van der Waals surface area contributed by atoms with Crippen LogP contribution >= 0.6 is 11.6 Å². The van der Waals surface area contributed by atoms with E-state index < -0.39 is 0 Å². The van der Waals surface area contributed by atoms with Crippen molar-refractivity contribution in [2.45, 2.75) is 39.2 Å². The van der Waals surface area contributed by atoms with Crippen molar-refractivity contribution < 1.29 is 4.74 Å². The lowest BCUT2D eigenvalue weighted by Crippen LogP contribution is -2.00. The highest BCUT2D eigenvalue weighted by Gasteiger charge is 2.15. The van der Waals surface area contributed by atoms with Gasteiger partial charge in [-0.25, -0.2) is 0 Å². The van der Waals surface area contributed by atoms with Crippen molar-refractivity contribution >= 4 is 11.6 Å². The maximum atomic E-state index is 5.71. The summed E-state index contributed by atoms with van der Waals surface area (Å²) in [5, 5.41) is 0. The largest absolute Gasteiger partial charge is 0.369 e. The first kappa shape index (κ1) is 13.5. The van der Waals surface area contributed by atoms with Crippen LogP contribution in [-0.2, 0) is 4.74 Å². The Morgan fingerprint density at radius 3 is 2.81 bits per heavy atom. The predicted octanol–water partition coefficient (Wildman–Crippen LogP) is 4.24. The summed E-state index contributed by atoms with van der Waals surface area (Å²) in [6, 6.07) is 0. The number of ether oxygens (including phenoxy) is 1. The zero-order valence-electron chi connectivity index (χ0n) is 10.3. The minimum Gasteiger partial charge on any atom is -0.369 e. The quantitative estimate of drug-likeness (QED) is 0.516. The summed E-state index contributed by atoms with van der Waals surface area (Å²) in [5.41, 5.74) is 3.84. The second-order valence-electron chi connectivity index (χ2n) is 4.54. The topological polar surface area (TPSA) is 9.23 Å². The van der Waals surface area contributed by atoms with E-state index in [-0.39, 0.29) is 6.10 Å². The average molecular weight is 241 g/mol. The Morgan fingerprint density at radius 2 is 2.25 bits per heavy atom. The van der Waals surface area contributed by atoms with E-state index in [4.69, 9.17) is 16.3 Å². The molecule has 2 heteroatoms. The van der Waals surface area contributed by atoms with E-state index in [2.05, 4.69) is 32.6 Å². The third-order valence-corrected chi connectivity index (χ3v) is 3.13. The lowest BCUT2D eigenvalue weighted by molar-refractivity contribution is 0.149. The van der Waals surface area contributed by atoms with Gasteiger partial charge in [0.15, 0.2) is 0 Å². The summed E-state index contributed by atoms with van der Waals surface area (Å²) in [6.07, 6.45) is 7.81. The lowest BCUT2D eigenvalue weighted by Gasteiger charge is -2.05. The molecule has 16 heavy (non-hydrogen) atoms. The Kier molecular flexibility index (Phi) is 5.86. The van der Waals surface area contributed by atoms with Gasteiger partial charge >= 0.3 is 0 Å². The molecule has 0 aromatic rings. The zero-order valence-corrected chi connectivity index (χ0v) is 11.0. The Bertz CT molecular complexity index is 302. The lowest BCUT2D eigenvalue weighted by atomic mass is 10.1. The monoisotopic (exact) mass is 240 g/mol. The highest BCUT2D eigenvalue weighted by atomic mass is 35.5. The maximum Gasteiger partial charge on any atom is 0.0800 e. The molecule has 0 spiro atoms. The van der Waals surface area contributed by atoms with Crippen LogP contribution in [-0.4, -0.2) is 18.6 Å². The predicted molar refractivity (Wildman–Crippen MR) is 71.0 cm³/mol. The van der Waals surface area contributed by atoms with Crippen molar-refractivity contribution in [1.82, 2.24) is 0 Å². The molecule has 0 N–H and O–H groups in total. The van der Waals surface area contributed by atoms with Gasteiger partial charge in [0.25, 0.3) is 0 Å². The SMILES string of the molecule is C=C1CO[C@H](/C=C(\C)CC/C=C(\C)CCl)C1. The molecule has 0 unspecified atom stereocenters. The molecule has 0 saturated carbocycles. The molecule has 1 atom stereocenters. The number of allylic oxidation sites excluding steroid dienone is 3. The van der Waals surface area contributed by atoms with Gasteiger partial charge in [-0.1, -0.05) is 29.9 Å². The molecule has 0 amide bonds. The Labute approximate surface area is 104 Å². The minimum atomic E-state index is 0.255. The molecule has 1 aliphatic rings. The van der Waals surface area contributed by atoms with Gasteiger partial charge in [-0.3, -0.25) is 0 Å². The fraction of sp³-hybridized carbons (Fsp3) is 0.571. The van der Waals surface area contributed by atoms with Crippen LogP contribution in [0.5, 0.6) is 0 Å². The number of alkyl halides is 1. The van der Waals surface area contributed by atoms with E-state index in [1.54, 1.807) is 0 Å². The molecule has 0 radical (unpaired) electrons. The molecule has 1 aliphatic heterocycles. The summed E-state index contributed by atoms with van der Waals surface area (Å²) in [6.45, 7) is 8.88. The summed E-state index contributed by atoms with van der Waals surface area (Å²) in [5.74, 6) is 0.633. The second kappa shape index (κ2) is 6.93. The number of halogens is 1. The van der Waals surface area contributed by atoms with Gasteiger partial charge in [0, 0.05) is 12.3 Å². The molecule has 0 aromatic carbocycles. The smallest absolute Gasteiger partial charge is 0.0800 e. The molecule has 1 nitrogen and oxygen atoms in total. The molecule has 1 rings (SSSR count). The van der Waals surface area contributed by atoms with Gasteiger partial charge in [0.1, 0.15) is 0 Å². The molecular weight excluding hydrogens is 220 g/mol. The van der Waals surface area contributed by atoms with E-state index in [9.17, 15) is 0 Å². The van der Waals surface area contributed by atoms with Gasteiger partial charge in [0.2, 0.25) is 0 Å². The van der Waals surface area contributed by atoms with Crippen LogP contribution in [0.25, 0.3) is 0 Å². The van der Waals surface area contributed by atoms with Crippen molar-refractivity contribution in [3.05, 3.63) is 35.5 Å². The Hall–Kier alpha value is -0.530. The fourth-order valence-electron chi connectivity index (χ4n) is 1.74. The maximum absolute atomic E-state index is 5.71. The van der Waals surface area contributed by atoms with E-state index >= 15 is 0 Å². The first-order chi connectivity index (χ1) is 7.61.